The van der Waals surface area contributed by atoms with Gasteiger partial charge in [-0.05, 0) is 67.9 Å². The lowest BCUT2D eigenvalue weighted by Gasteiger charge is -2.60. The maximum atomic E-state index is 13.1. The van der Waals surface area contributed by atoms with Crippen LogP contribution in [0.2, 0.25) is 0 Å². The van der Waals surface area contributed by atoms with Crippen LogP contribution in [-0.4, -0.2) is 52.8 Å². The summed E-state index contributed by atoms with van der Waals surface area (Å²) in [5, 5.41) is 21.0. The predicted octanol–water partition coefficient (Wildman–Crippen LogP) is 2.76. The smallest absolute Gasteiger partial charge is 0.223 e. The number of hydrogen-bond donors (Lipinski definition) is 2. The van der Waals surface area contributed by atoms with Crippen LogP contribution in [0, 0.1) is 17.3 Å². The Kier molecular flexibility index (Phi) is 3.94. The van der Waals surface area contributed by atoms with Gasteiger partial charge in [-0.25, -0.2) is 0 Å². The summed E-state index contributed by atoms with van der Waals surface area (Å²) in [5.41, 5.74) is 0.409. The summed E-state index contributed by atoms with van der Waals surface area (Å²) in [4.78, 5) is 17.2. The van der Waals surface area contributed by atoms with Crippen molar-refractivity contribution in [3.05, 3.63) is 24.3 Å². The maximum Gasteiger partial charge on any atom is 0.223 e. The van der Waals surface area contributed by atoms with Crippen LogP contribution < -0.4 is 4.90 Å². The minimum atomic E-state index is -0.492. The van der Waals surface area contributed by atoms with E-state index in [4.69, 9.17) is 0 Å². The lowest BCUT2D eigenvalue weighted by Crippen LogP contribution is -2.57. The topological polar surface area (TPSA) is 64.0 Å². The van der Waals surface area contributed by atoms with E-state index in [1.807, 2.05) is 23.1 Å². The quantitative estimate of drug-likeness (QED) is 0.859. The molecule has 5 nitrogen and oxygen atoms in total. The van der Waals surface area contributed by atoms with Crippen molar-refractivity contribution in [2.75, 3.05) is 31.1 Å². The second-order valence-corrected chi connectivity index (χ2v) is 9.72. The van der Waals surface area contributed by atoms with Crippen LogP contribution in [-0.2, 0) is 4.79 Å². The molecule has 0 radical (unpaired) electrons. The molecule has 1 saturated heterocycles. The van der Waals surface area contributed by atoms with Crippen molar-refractivity contribution >= 4 is 11.6 Å². The fourth-order valence-corrected chi connectivity index (χ4v) is 6.97. The van der Waals surface area contributed by atoms with E-state index in [9.17, 15) is 15.0 Å². The molecule has 4 aliphatic carbocycles. The Labute approximate surface area is 161 Å². The van der Waals surface area contributed by atoms with Gasteiger partial charge in [-0.3, -0.25) is 4.79 Å². The van der Waals surface area contributed by atoms with E-state index in [1.54, 1.807) is 6.07 Å². The van der Waals surface area contributed by atoms with Crippen LogP contribution in [0.25, 0.3) is 0 Å². The van der Waals surface area contributed by atoms with E-state index in [2.05, 4.69) is 4.90 Å². The van der Waals surface area contributed by atoms with Crippen LogP contribution in [0.1, 0.15) is 44.9 Å². The average molecular weight is 370 g/mol. The first-order chi connectivity index (χ1) is 12.9. The SMILES string of the molecule is O=C(CC12CC3CC(CC(O)(C3)C1)C2)N1CCN(c2ccccc2O)CC1. The Balaban J connectivity index is 1.22. The largest absolute Gasteiger partial charge is 0.506 e. The third-order valence-electron chi connectivity index (χ3n) is 7.53. The number of aromatic hydroxyl groups is 1. The number of rotatable bonds is 3. The third kappa shape index (κ3) is 3.10. The molecule has 4 saturated carbocycles. The highest BCUT2D eigenvalue weighted by Gasteiger charge is 2.57. The number of phenolic OH excluding ortho intramolecular Hbond substituents is 1. The molecule has 27 heavy (non-hydrogen) atoms. The predicted molar refractivity (Wildman–Crippen MR) is 104 cm³/mol. The van der Waals surface area contributed by atoms with Crippen LogP contribution >= 0.6 is 0 Å². The van der Waals surface area contributed by atoms with Crippen LogP contribution in [0.4, 0.5) is 5.69 Å². The highest BCUT2D eigenvalue weighted by molar-refractivity contribution is 5.77. The molecule has 5 aliphatic rings. The molecule has 1 amide bonds. The monoisotopic (exact) mass is 370 g/mol. The highest BCUT2D eigenvalue weighted by Crippen LogP contribution is 2.62. The van der Waals surface area contributed by atoms with Crippen molar-refractivity contribution in [1.82, 2.24) is 4.90 Å². The lowest BCUT2D eigenvalue weighted by molar-refractivity contribution is -0.172. The minimum Gasteiger partial charge on any atom is -0.506 e. The second-order valence-electron chi connectivity index (χ2n) is 9.72. The number of carbonyl (C=O) groups excluding carboxylic acids is 1. The number of anilines is 1. The molecule has 1 aliphatic heterocycles. The maximum absolute atomic E-state index is 13.1. The molecule has 2 atom stereocenters. The van der Waals surface area contributed by atoms with Gasteiger partial charge in [-0.2, -0.15) is 0 Å². The van der Waals surface area contributed by atoms with Crippen molar-refractivity contribution in [2.24, 2.45) is 17.3 Å². The Morgan fingerprint density at radius 1 is 1.04 bits per heavy atom. The Morgan fingerprint density at radius 3 is 2.33 bits per heavy atom. The van der Waals surface area contributed by atoms with Crippen LogP contribution in [0.15, 0.2) is 24.3 Å². The van der Waals surface area contributed by atoms with Gasteiger partial charge < -0.3 is 20.0 Å². The van der Waals surface area contributed by atoms with Crippen LogP contribution in [0.3, 0.4) is 0 Å². The van der Waals surface area contributed by atoms with Gasteiger partial charge in [0.05, 0.1) is 11.3 Å². The number of aliphatic hydroxyl groups is 1. The van der Waals surface area contributed by atoms with E-state index in [0.29, 0.717) is 37.1 Å². The second kappa shape index (κ2) is 6.13. The number of para-hydroxylation sites is 2. The van der Waals surface area contributed by atoms with E-state index in [0.717, 1.165) is 50.9 Å². The first kappa shape index (κ1) is 17.4. The molecular formula is C22H30N2O3. The number of nitrogens with zero attached hydrogens (tertiary/aromatic N) is 2. The molecule has 1 aromatic carbocycles. The summed E-state index contributed by atoms with van der Waals surface area (Å²) in [7, 11) is 0. The molecule has 1 aromatic rings. The van der Waals surface area contributed by atoms with Gasteiger partial charge in [0.1, 0.15) is 5.75 Å². The fraction of sp³-hybridized carbons (Fsp3) is 0.682. The van der Waals surface area contributed by atoms with Gasteiger partial charge in [0.2, 0.25) is 5.91 Å². The van der Waals surface area contributed by atoms with Crippen molar-refractivity contribution in [1.29, 1.82) is 0 Å². The first-order valence-electron chi connectivity index (χ1n) is 10.5. The molecule has 146 valence electrons. The van der Waals surface area contributed by atoms with E-state index in [1.165, 1.54) is 6.42 Å². The zero-order valence-electron chi connectivity index (χ0n) is 15.9. The molecule has 5 heteroatoms. The molecule has 4 bridgehead atoms. The molecule has 0 spiro atoms. The van der Waals surface area contributed by atoms with Gasteiger partial charge in [-0.15, -0.1) is 0 Å². The third-order valence-corrected chi connectivity index (χ3v) is 7.53. The lowest BCUT2D eigenvalue weighted by atomic mass is 9.47. The van der Waals surface area contributed by atoms with E-state index < -0.39 is 5.60 Å². The fourth-order valence-electron chi connectivity index (χ4n) is 6.97. The molecule has 6 rings (SSSR count). The Hall–Kier alpha value is -1.75. The molecule has 2 N–H and O–H groups in total. The first-order valence-corrected chi connectivity index (χ1v) is 10.5. The summed E-state index contributed by atoms with van der Waals surface area (Å²) in [6, 6.07) is 7.41. The van der Waals surface area contributed by atoms with Crippen molar-refractivity contribution in [3.63, 3.8) is 0 Å². The summed E-state index contributed by atoms with van der Waals surface area (Å²) < 4.78 is 0. The Morgan fingerprint density at radius 2 is 1.70 bits per heavy atom. The molecule has 0 aromatic heterocycles. The summed E-state index contributed by atoms with van der Waals surface area (Å²) in [6.07, 6.45) is 6.88. The van der Waals surface area contributed by atoms with Gasteiger partial charge in [0.15, 0.2) is 0 Å². The molecule has 2 unspecified atom stereocenters. The molecule has 5 fully saturated rings. The van der Waals surface area contributed by atoms with Crippen molar-refractivity contribution in [3.8, 4) is 5.75 Å². The van der Waals surface area contributed by atoms with Crippen molar-refractivity contribution in [2.45, 2.75) is 50.5 Å². The number of hydrogen-bond acceptors (Lipinski definition) is 4. The molecule has 1 heterocycles. The van der Waals surface area contributed by atoms with E-state index >= 15 is 0 Å². The van der Waals surface area contributed by atoms with Gasteiger partial charge >= 0.3 is 0 Å². The average Bonchev–Trinajstić information content (AvgIpc) is 2.60. The normalized spacial score (nSPS) is 37.7. The van der Waals surface area contributed by atoms with Crippen LogP contribution in [0.5, 0.6) is 5.75 Å². The number of amides is 1. The summed E-state index contributed by atoms with van der Waals surface area (Å²) in [6.45, 7) is 2.93. The summed E-state index contributed by atoms with van der Waals surface area (Å²) >= 11 is 0. The zero-order chi connectivity index (χ0) is 18.6. The molecular weight excluding hydrogens is 340 g/mol. The number of benzene rings is 1. The zero-order valence-corrected chi connectivity index (χ0v) is 15.9. The van der Waals surface area contributed by atoms with Gasteiger partial charge in [-0.1, -0.05) is 12.1 Å². The Bertz CT molecular complexity index is 727. The highest BCUT2D eigenvalue weighted by atomic mass is 16.3. The minimum absolute atomic E-state index is 0.0464. The van der Waals surface area contributed by atoms with Gasteiger partial charge in [0.25, 0.3) is 0 Å². The number of phenols is 1. The number of piperazine rings is 1. The number of carbonyl (C=O) groups is 1. The standard InChI is InChI=1S/C22H30N2O3/c25-19-4-2-1-3-18(19)23-5-7-24(8-6-23)20(26)14-21-10-16-9-17(11-21)13-22(27,12-16)15-21/h1-4,16-17,25,27H,5-15H2. The van der Waals surface area contributed by atoms with Crippen molar-refractivity contribution < 1.29 is 15.0 Å². The summed E-state index contributed by atoms with van der Waals surface area (Å²) in [5.74, 6) is 1.82. The van der Waals surface area contributed by atoms with Gasteiger partial charge in [0, 0.05) is 32.6 Å². The van der Waals surface area contributed by atoms with E-state index in [-0.39, 0.29) is 11.3 Å².